The van der Waals surface area contributed by atoms with Crippen molar-refractivity contribution in [3.05, 3.63) is 29.3 Å². The van der Waals surface area contributed by atoms with Crippen molar-refractivity contribution in [1.29, 1.82) is 0 Å². The second-order valence-corrected chi connectivity index (χ2v) is 5.52. The number of nitrogens with two attached hydrogens (primary N) is 1. The van der Waals surface area contributed by atoms with Gasteiger partial charge in [-0.1, -0.05) is 6.07 Å². The summed E-state index contributed by atoms with van der Waals surface area (Å²) >= 11 is 0. The largest absolute Gasteiger partial charge is 0.491 e. The highest BCUT2D eigenvalue weighted by atomic mass is 16.5. The van der Waals surface area contributed by atoms with Crippen LogP contribution in [0.1, 0.15) is 38.3 Å². The summed E-state index contributed by atoms with van der Waals surface area (Å²) in [6, 6.07) is 5.94. The number of hydrogen-bond acceptors (Lipinski definition) is 4. The minimum atomic E-state index is -1.03. The average Bonchev–Trinajstić information content (AvgIpc) is 2.33. The summed E-state index contributed by atoms with van der Waals surface area (Å²) < 4.78 is 10.8. The van der Waals surface area contributed by atoms with Gasteiger partial charge in [0.2, 0.25) is 0 Å². The van der Waals surface area contributed by atoms with E-state index in [4.69, 9.17) is 15.2 Å². The van der Waals surface area contributed by atoms with E-state index in [1.807, 2.05) is 32.0 Å². The monoisotopic (exact) mass is 279 g/mol. The molecule has 20 heavy (non-hydrogen) atoms. The number of esters is 1. The highest BCUT2D eigenvalue weighted by Gasteiger charge is 2.32. The van der Waals surface area contributed by atoms with Gasteiger partial charge >= 0.3 is 5.97 Å². The van der Waals surface area contributed by atoms with Gasteiger partial charge in [0.05, 0.1) is 12.7 Å². The van der Waals surface area contributed by atoms with Crippen LogP contribution in [0.25, 0.3) is 0 Å². The summed E-state index contributed by atoms with van der Waals surface area (Å²) in [6.07, 6.45) is 0.232. The maximum absolute atomic E-state index is 11.7. The normalized spacial score (nSPS) is 15.3. The van der Waals surface area contributed by atoms with Crippen molar-refractivity contribution < 1.29 is 14.3 Å². The van der Waals surface area contributed by atoms with Crippen LogP contribution in [-0.2, 0) is 9.53 Å². The molecular weight excluding hydrogens is 254 g/mol. The Morgan fingerprint density at radius 1 is 1.35 bits per heavy atom. The molecule has 0 saturated carbocycles. The topological polar surface area (TPSA) is 61.5 Å². The molecule has 1 aromatic carbocycles. The van der Waals surface area contributed by atoms with E-state index in [0.717, 1.165) is 5.75 Å². The standard InChI is InChI=1S/C16H25NO3/c1-6-19-15(18)16(5,17)10-13(4)20-14-8-7-11(2)12(3)9-14/h7-9,13H,6,10,17H2,1-5H3. The molecule has 0 aliphatic rings. The van der Waals surface area contributed by atoms with Crippen LogP contribution in [0.2, 0.25) is 0 Å². The second-order valence-electron chi connectivity index (χ2n) is 5.52. The Morgan fingerprint density at radius 3 is 2.55 bits per heavy atom. The molecule has 0 aromatic heterocycles. The first kappa shape index (κ1) is 16.5. The van der Waals surface area contributed by atoms with E-state index in [2.05, 4.69) is 6.92 Å². The van der Waals surface area contributed by atoms with Gasteiger partial charge in [-0.3, -0.25) is 4.79 Å². The molecule has 0 aliphatic heterocycles. The molecule has 0 heterocycles. The summed E-state index contributed by atoms with van der Waals surface area (Å²) in [7, 11) is 0. The van der Waals surface area contributed by atoms with Gasteiger partial charge < -0.3 is 15.2 Å². The zero-order valence-corrected chi connectivity index (χ0v) is 13.0. The van der Waals surface area contributed by atoms with Gasteiger partial charge in [0.15, 0.2) is 0 Å². The fourth-order valence-corrected chi connectivity index (χ4v) is 2.04. The first-order valence-corrected chi connectivity index (χ1v) is 6.96. The molecule has 4 nitrogen and oxygen atoms in total. The molecule has 0 spiro atoms. The Morgan fingerprint density at radius 2 is 2.00 bits per heavy atom. The van der Waals surface area contributed by atoms with E-state index >= 15 is 0 Å². The molecule has 0 amide bonds. The van der Waals surface area contributed by atoms with Gasteiger partial charge in [0.1, 0.15) is 11.3 Å². The summed E-state index contributed by atoms with van der Waals surface area (Å²) in [5.41, 5.74) is 7.37. The van der Waals surface area contributed by atoms with Crippen LogP contribution < -0.4 is 10.5 Å². The average molecular weight is 279 g/mol. The van der Waals surface area contributed by atoms with Crippen molar-refractivity contribution in [2.45, 2.75) is 52.7 Å². The lowest BCUT2D eigenvalue weighted by atomic mass is 9.96. The van der Waals surface area contributed by atoms with E-state index < -0.39 is 11.5 Å². The first-order valence-electron chi connectivity index (χ1n) is 6.96. The maximum atomic E-state index is 11.7. The van der Waals surface area contributed by atoms with Gasteiger partial charge in [-0.05, 0) is 57.9 Å². The molecule has 1 aromatic rings. The molecule has 2 unspecified atom stereocenters. The van der Waals surface area contributed by atoms with Crippen LogP contribution in [0.5, 0.6) is 5.75 Å². The molecule has 0 radical (unpaired) electrons. The quantitative estimate of drug-likeness (QED) is 0.813. The highest BCUT2D eigenvalue weighted by molar-refractivity contribution is 5.80. The summed E-state index contributed by atoms with van der Waals surface area (Å²) in [6.45, 7) is 9.77. The zero-order valence-electron chi connectivity index (χ0n) is 13.0. The minimum absolute atomic E-state index is 0.170. The number of carbonyl (C=O) groups excluding carboxylic acids is 1. The van der Waals surface area contributed by atoms with E-state index in [-0.39, 0.29) is 6.10 Å². The summed E-state index contributed by atoms with van der Waals surface area (Å²) in [5.74, 6) is 0.399. The van der Waals surface area contributed by atoms with Crippen LogP contribution in [-0.4, -0.2) is 24.2 Å². The third kappa shape index (κ3) is 4.53. The van der Waals surface area contributed by atoms with Crippen LogP contribution in [0.3, 0.4) is 0 Å². The molecular formula is C16H25NO3. The Balaban J connectivity index is 2.64. The van der Waals surface area contributed by atoms with Crippen molar-refractivity contribution in [3.63, 3.8) is 0 Å². The molecule has 2 N–H and O–H groups in total. The van der Waals surface area contributed by atoms with Crippen LogP contribution in [0.4, 0.5) is 0 Å². The number of hydrogen-bond donors (Lipinski definition) is 1. The van der Waals surface area contributed by atoms with Crippen molar-refractivity contribution in [1.82, 2.24) is 0 Å². The number of aryl methyl sites for hydroxylation is 2. The fraction of sp³-hybridized carbons (Fsp3) is 0.562. The van der Waals surface area contributed by atoms with Crippen LogP contribution in [0.15, 0.2) is 18.2 Å². The third-order valence-corrected chi connectivity index (χ3v) is 3.27. The smallest absolute Gasteiger partial charge is 0.325 e. The minimum Gasteiger partial charge on any atom is -0.491 e. The molecule has 4 heteroatoms. The number of ether oxygens (including phenoxy) is 2. The highest BCUT2D eigenvalue weighted by Crippen LogP contribution is 2.20. The predicted octanol–water partition coefficient (Wildman–Crippen LogP) is 2.74. The number of carbonyl (C=O) groups is 1. The van der Waals surface area contributed by atoms with E-state index in [1.165, 1.54) is 11.1 Å². The SMILES string of the molecule is CCOC(=O)C(C)(N)CC(C)Oc1ccc(C)c(C)c1. The van der Waals surface area contributed by atoms with Crippen LogP contribution in [0, 0.1) is 13.8 Å². The molecule has 0 bridgehead atoms. The van der Waals surface area contributed by atoms with Crippen molar-refractivity contribution in [3.8, 4) is 5.75 Å². The summed E-state index contributed by atoms with van der Waals surface area (Å²) in [4.78, 5) is 11.7. The first-order chi connectivity index (χ1) is 9.26. The lowest BCUT2D eigenvalue weighted by molar-refractivity contribution is -0.149. The Bertz CT molecular complexity index is 469. The molecule has 2 atom stereocenters. The Labute approximate surface area is 121 Å². The van der Waals surface area contributed by atoms with E-state index in [1.54, 1.807) is 13.8 Å². The van der Waals surface area contributed by atoms with Gasteiger partial charge in [0, 0.05) is 6.42 Å². The zero-order chi connectivity index (χ0) is 15.3. The maximum Gasteiger partial charge on any atom is 0.325 e. The van der Waals surface area contributed by atoms with Gasteiger partial charge in [-0.25, -0.2) is 0 Å². The Kier molecular flexibility index (Phi) is 5.57. The van der Waals surface area contributed by atoms with Crippen LogP contribution >= 0.6 is 0 Å². The van der Waals surface area contributed by atoms with Crippen molar-refractivity contribution in [2.24, 2.45) is 5.73 Å². The second kappa shape index (κ2) is 6.75. The van der Waals surface area contributed by atoms with E-state index in [9.17, 15) is 4.79 Å². The van der Waals surface area contributed by atoms with Crippen molar-refractivity contribution >= 4 is 5.97 Å². The molecule has 0 aliphatic carbocycles. The molecule has 1 rings (SSSR count). The predicted molar refractivity (Wildman–Crippen MR) is 79.8 cm³/mol. The molecule has 0 saturated heterocycles. The summed E-state index contributed by atoms with van der Waals surface area (Å²) in [5, 5.41) is 0. The van der Waals surface area contributed by atoms with Crippen molar-refractivity contribution in [2.75, 3.05) is 6.61 Å². The number of rotatable bonds is 6. The molecule has 0 fully saturated rings. The number of benzene rings is 1. The lowest BCUT2D eigenvalue weighted by Crippen LogP contribution is -2.49. The fourth-order valence-electron chi connectivity index (χ4n) is 2.04. The molecule has 112 valence electrons. The Hall–Kier alpha value is -1.55. The lowest BCUT2D eigenvalue weighted by Gasteiger charge is -2.26. The third-order valence-electron chi connectivity index (χ3n) is 3.27. The van der Waals surface area contributed by atoms with Gasteiger partial charge in [-0.2, -0.15) is 0 Å². The van der Waals surface area contributed by atoms with E-state index in [0.29, 0.717) is 13.0 Å². The van der Waals surface area contributed by atoms with Gasteiger partial charge in [0.25, 0.3) is 0 Å². The van der Waals surface area contributed by atoms with Gasteiger partial charge in [-0.15, -0.1) is 0 Å².